The molecule has 3 aromatic rings. The average Bonchev–Trinajstić information content (AvgIpc) is 2.72. The Kier molecular flexibility index (Phi) is 6.43. The smallest absolute Gasteiger partial charge is 0.119 e. The van der Waals surface area contributed by atoms with E-state index in [2.05, 4.69) is 41.3 Å². The molecule has 0 atom stereocenters. The highest BCUT2D eigenvalue weighted by Crippen LogP contribution is 2.22. The molecule has 138 valence electrons. The summed E-state index contributed by atoms with van der Waals surface area (Å²) < 4.78 is 10.6. The topological polar surface area (TPSA) is 45.5 Å². The fourth-order valence-corrected chi connectivity index (χ4v) is 3.13. The monoisotopic (exact) mass is 360 g/mol. The zero-order chi connectivity index (χ0) is 19.1. The van der Waals surface area contributed by atoms with Gasteiger partial charge in [-0.1, -0.05) is 30.3 Å². The van der Waals surface area contributed by atoms with Crippen LogP contribution >= 0.6 is 0 Å². The highest BCUT2D eigenvalue weighted by molar-refractivity contribution is 5.84. The predicted molar refractivity (Wildman–Crippen MR) is 108 cm³/mol. The molecule has 0 bridgehead atoms. The van der Waals surface area contributed by atoms with Crippen LogP contribution in [0.3, 0.4) is 0 Å². The Morgan fingerprint density at radius 2 is 1.52 bits per heavy atom. The molecule has 0 fully saturated rings. The molecule has 0 spiro atoms. The van der Waals surface area contributed by atoms with Crippen LogP contribution in [0.2, 0.25) is 0 Å². The first-order valence-electron chi connectivity index (χ1n) is 8.99. The second kappa shape index (κ2) is 9.18. The van der Waals surface area contributed by atoms with Crippen LogP contribution in [0.1, 0.15) is 16.7 Å². The van der Waals surface area contributed by atoms with E-state index in [4.69, 9.17) is 14.7 Å². The molecule has 0 heterocycles. The summed E-state index contributed by atoms with van der Waals surface area (Å²) in [5, 5.41) is 11.3. The maximum atomic E-state index is 8.96. The molecule has 0 aliphatic carbocycles. The van der Waals surface area contributed by atoms with Crippen molar-refractivity contribution >= 4 is 10.8 Å². The van der Waals surface area contributed by atoms with E-state index in [1.54, 1.807) is 14.2 Å². The Morgan fingerprint density at radius 3 is 2.22 bits per heavy atom. The fraction of sp³-hybridized carbons (Fsp3) is 0.261. The van der Waals surface area contributed by atoms with E-state index in [1.807, 2.05) is 30.3 Å². The van der Waals surface area contributed by atoms with Crippen LogP contribution in [0, 0.1) is 11.3 Å². The fourth-order valence-electron chi connectivity index (χ4n) is 3.13. The van der Waals surface area contributed by atoms with Crippen molar-refractivity contribution in [1.29, 1.82) is 5.26 Å². The summed E-state index contributed by atoms with van der Waals surface area (Å²) >= 11 is 0. The highest BCUT2D eigenvalue weighted by atomic mass is 16.5. The Balaban J connectivity index is 1.76. The van der Waals surface area contributed by atoms with E-state index < -0.39 is 0 Å². The van der Waals surface area contributed by atoms with Gasteiger partial charge in [-0.3, -0.25) is 4.90 Å². The van der Waals surface area contributed by atoms with Gasteiger partial charge in [0.05, 0.1) is 25.3 Å². The zero-order valence-electron chi connectivity index (χ0n) is 15.8. The maximum absolute atomic E-state index is 8.96. The standard InChI is InChI=1S/C23H24N2O2/c1-26-12-11-25(16-19-5-3-18(15-24)4-6-19)17-20-7-8-22-14-23(27-2)10-9-21(22)13-20/h3-10,13-14H,11-12,16-17H2,1-2H3. The van der Waals surface area contributed by atoms with E-state index >= 15 is 0 Å². The number of hydrogen-bond donors (Lipinski definition) is 0. The van der Waals surface area contributed by atoms with Crippen molar-refractivity contribution in [2.75, 3.05) is 27.4 Å². The minimum Gasteiger partial charge on any atom is -0.497 e. The van der Waals surface area contributed by atoms with E-state index in [0.29, 0.717) is 12.2 Å². The first kappa shape index (κ1) is 18.9. The van der Waals surface area contributed by atoms with Crippen molar-refractivity contribution < 1.29 is 9.47 Å². The molecule has 4 nitrogen and oxygen atoms in total. The van der Waals surface area contributed by atoms with Gasteiger partial charge in [0.25, 0.3) is 0 Å². The molecule has 0 amide bonds. The van der Waals surface area contributed by atoms with Crippen LogP contribution in [-0.2, 0) is 17.8 Å². The summed E-state index contributed by atoms with van der Waals surface area (Å²) in [6.07, 6.45) is 0. The molecule has 0 saturated carbocycles. The first-order valence-corrected chi connectivity index (χ1v) is 8.99. The number of rotatable bonds is 8. The molecule has 0 aliphatic heterocycles. The number of nitrogens with zero attached hydrogens (tertiary/aromatic N) is 2. The number of methoxy groups -OCH3 is 2. The molecule has 0 unspecified atom stereocenters. The van der Waals surface area contributed by atoms with Crippen molar-refractivity contribution in [3.05, 3.63) is 77.4 Å². The third-order valence-electron chi connectivity index (χ3n) is 4.62. The Hall–Kier alpha value is -2.87. The lowest BCUT2D eigenvalue weighted by Crippen LogP contribution is -2.26. The number of hydrogen-bond acceptors (Lipinski definition) is 4. The number of nitriles is 1. The van der Waals surface area contributed by atoms with Gasteiger partial charge in [-0.05, 0) is 52.2 Å². The van der Waals surface area contributed by atoms with E-state index in [0.717, 1.165) is 25.4 Å². The molecular formula is C23H24N2O2. The lowest BCUT2D eigenvalue weighted by molar-refractivity contribution is 0.140. The molecule has 4 heteroatoms. The zero-order valence-corrected chi connectivity index (χ0v) is 15.8. The number of fused-ring (bicyclic) bond motifs is 1. The van der Waals surface area contributed by atoms with Gasteiger partial charge in [0.1, 0.15) is 5.75 Å². The normalized spacial score (nSPS) is 10.9. The molecule has 0 radical (unpaired) electrons. The Labute approximate surface area is 160 Å². The van der Waals surface area contributed by atoms with Crippen LogP contribution in [0.5, 0.6) is 5.75 Å². The van der Waals surface area contributed by atoms with E-state index in [1.165, 1.54) is 21.9 Å². The van der Waals surface area contributed by atoms with Crippen LogP contribution in [-0.4, -0.2) is 32.3 Å². The van der Waals surface area contributed by atoms with Crippen molar-refractivity contribution in [3.63, 3.8) is 0 Å². The molecular weight excluding hydrogens is 336 g/mol. The van der Waals surface area contributed by atoms with Gasteiger partial charge in [-0.25, -0.2) is 0 Å². The van der Waals surface area contributed by atoms with Crippen molar-refractivity contribution in [1.82, 2.24) is 4.90 Å². The molecule has 3 rings (SSSR count). The SMILES string of the molecule is COCCN(Cc1ccc(C#N)cc1)Cc1ccc2cc(OC)ccc2c1. The molecule has 0 aliphatic rings. The van der Waals surface area contributed by atoms with Gasteiger partial charge in [-0.15, -0.1) is 0 Å². The summed E-state index contributed by atoms with van der Waals surface area (Å²) in [7, 11) is 3.41. The van der Waals surface area contributed by atoms with E-state index in [-0.39, 0.29) is 0 Å². The van der Waals surface area contributed by atoms with Gasteiger partial charge >= 0.3 is 0 Å². The third-order valence-corrected chi connectivity index (χ3v) is 4.62. The minimum absolute atomic E-state index is 0.682. The second-order valence-corrected chi connectivity index (χ2v) is 6.56. The van der Waals surface area contributed by atoms with Crippen molar-refractivity contribution in [2.24, 2.45) is 0 Å². The van der Waals surface area contributed by atoms with Crippen LogP contribution in [0.15, 0.2) is 60.7 Å². The molecule has 0 N–H and O–H groups in total. The first-order chi connectivity index (χ1) is 13.2. The van der Waals surface area contributed by atoms with Gasteiger partial charge < -0.3 is 9.47 Å². The summed E-state index contributed by atoms with van der Waals surface area (Å²) in [6.45, 7) is 3.18. The van der Waals surface area contributed by atoms with E-state index in [9.17, 15) is 0 Å². The second-order valence-electron chi connectivity index (χ2n) is 6.56. The quantitative estimate of drug-likeness (QED) is 0.598. The van der Waals surface area contributed by atoms with Gasteiger partial charge in [0, 0.05) is 26.7 Å². The predicted octanol–water partition coefficient (Wildman–Crippen LogP) is 4.37. The van der Waals surface area contributed by atoms with Crippen LogP contribution in [0.4, 0.5) is 0 Å². The Bertz CT molecular complexity index is 929. The minimum atomic E-state index is 0.682. The van der Waals surface area contributed by atoms with Crippen molar-refractivity contribution in [2.45, 2.75) is 13.1 Å². The Morgan fingerprint density at radius 1 is 0.852 bits per heavy atom. The molecule has 0 saturated heterocycles. The summed E-state index contributed by atoms with van der Waals surface area (Å²) in [6, 6.07) is 22.6. The highest BCUT2D eigenvalue weighted by Gasteiger charge is 2.08. The summed E-state index contributed by atoms with van der Waals surface area (Å²) in [4.78, 5) is 2.36. The molecule has 3 aromatic carbocycles. The van der Waals surface area contributed by atoms with Crippen LogP contribution in [0.25, 0.3) is 10.8 Å². The molecule has 27 heavy (non-hydrogen) atoms. The van der Waals surface area contributed by atoms with Gasteiger partial charge in [0.2, 0.25) is 0 Å². The van der Waals surface area contributed by atoms with Gasteiger partial charge in [-0.2, -0.15) is 5.26 Å². The van der Waals surface area contributed by atoms with Gasteiger partial charge in [0.15, 0.2) is 0 Å². The van der Waals surface area contributed by atoms with Crippen LogP contribution < -0.4 is 4.74 Å². The summed E-state index contributed by atoms with van der Waals surface area (Å²) in [5.41, 5.74) is 3.14. The average molecular weight is 360 g/mol. The third kappa shape index (κ3) is 5.07. The summed E-state index contributed by atoms with van der Waals surface area (Å²) in [5.74, 6) is 0.873. The molecule has 0 aromatic heterocycles. The maximum Gasteiger partial charge on any atom is 0.119 e. The lowest BCUT2D eigenvalue weighted by atomic mass is 10.1. The number of benzene rings is 3. The lowest BCUT2D eigenvalue weighted by Gasteiger charge is -2.22. The number of ether oxygens (including phenoxy) is 2. The largest absolute Gasteiger partial charge is 0.497 e. The van der Waals surface area contributed by atoms with Crippen molar-refractivity contribution in [3.8, 4) is 11.8 Å².